The molecule has 0 atom stereocenters. The van der Waals surface area contributed by atoms with E-state index >= 15 is 0 Å². The average molecular weight is 253 g/mol. The minimum absolute atomic E-state index is 0.412. The molecule has 0 aliphatic rings. The molecule has 17 heavy (non-hydrogen) atoms. The highest BCUT2D eigenvalue weighted by atomic mass is 35.5. The predicted octanol–water partition coefficient (Wildman–Crippen LogP) is 3.17. The second kappa shape index (κ2) is 5.90. The lowest BCUT2D eigenvalue weighted by Crippen LogP contribution is -2.35. The fraction of sp³-hybridized carbons (Fsp3) is 0.462. The Bertz CT molecular complexity index is 422. The van der Waals surface area contributed by atoms with Gasteiger partial charge in [0.2, 0.25) is 0 Å². The molecule has 0 radical (unpaired) electrons. The van der Waals surface area contributed by atoms with Gasteiger partial charge in [-0.25, -0.2) is 0 Å². The summed E-state index contributed by atoms with van der Waals surface area (Å²) in [6.07, 6.45) is 1.33. The van der Waals surface area contributed by atoms with E-state index in [0.717, 1.165) is 0 Å². The molecule has 0 aliphatic heterocycles. The Labute approximate surface area is 107 Å². The molecule has 0 bridgehead atoms. The molecular weight excluding hydrogens is 236 g/mol. The van der Waals surface area contributed by atoms with Gasteiger partial charge in [-0.15, -0.1) is 0 Å². The summed E-state index contributed by atoms with van der Waals surface area (Å²) in [6.45, 7) is 4.29. The number of benzene rings is 1. The number of nitrogens with one attached hydrogen (secondary N) is 1. The van der Waals surface area contributed by atoms with Crippen molar-refractivity contribution < 1.29 is 5.11 Å². The van der Waals surface area contributed by atoms with Gasteiger partial charge < -0.3 is 10.4 Å². The second-order valence-electron chi connectivity index (χ2n) is 4.09. The zero-order valence-electron chi connectivity index (χ0n) is 10.1. The van der Waals surface area contributed by atoms with Gasteiger partial charge in [0.15, 0.2) is 0 Å². The van der Waals surface area contributed by atoms with Crippen molar-refractivity contribution in [2.24, 2.45) is 0 Å². The molecule has 0 saturated heterocycles. The summed E-state index contributed by atoms with van der Waals surface area (Å²) >= 11 is 5.88. The lowest BCUT2D eigenvalue weighted by molar-refractivity contribution is 0.0457. The predicted molar refractivity (Wildman–Crippen MR) is 70.2 cm³/mol. The third kappa shape index (κ3) is 3.62. The zero-order chi connectivity index (χ0) is 12.9. The van der Waals surface area contributed by atoms with Gasteiger partial charge in [-0.2, -0.15) is 5.26 Å². The standard InChI is InChI=1S/C13H17ClN2O/c1-3-13(17,4-2)9-16-12-7-11(14)6-5-10(12)8-15/h5-7,16-17H,3-4,9H2,1-2H3. The van der Waals surface area contributed by atoms with Crippen molar-refractivity contribution in [2.75, 3.05) is 11.9 Å². The van der Waals surface area contributed by atoms with Crippen molar-refractivity contribution in [3.63, 3.8) is 0 Å². The molecule has 0 spiro atoms. The van der Waals surface area contributed by atoms with Crippen LogP contribution in [-0.4, -0.2) is 17.3 Å². The Hall–Kier alpha value is -1.24. The van der Waals surface area contributed by atoms with E-state index in [9.17, 15) is 5.11 Å². The Morgan fingerprint density at radius 1 is 1.41 bits per heavy atom. The van der Waals surface area contributed by atoms with E-state index in [1.807, 2.05) is 13.8 Å². The van der Waals surface area contributed by atoms with E-state index in [4.69, 9.17) is 16.9 Å². The van der Waals surface area contributed by atoms with Gasteiger partial charge in [-0.3, -0.25) is 0 Å². The van der Waals surface area contributed by atoms with Gasteiger partial charge in [0.25, 0.3) is 0 Å². The average Bonchev–Trinajstić information content (AvgIpc) is 2.36. The molecule has 3 nitrogen and oxygen atoms in total. The molecule has 0 amide bonds. The summed E-state index contributed by atoms with van der Waals surface area (Å²) in [7, 11) is 0. The number of hydrogen-bond acceptors (Lipinski definition) is 3. The molecule has 1 aromatic carbocycles. The zero-order valence-corrected chi connectivity index (χ0v) is 10.9. The minimum atomic E-state index is -0.741. The largest absolute Gasteiger partial charge is 0.388 e. The van der Waals surface area contributed by atoms with E-state index in [1.54, 1.807) is 18.2 Å². The Balaban J connectivity index is 2.82. The van der Waals surface area contributed by atoms with E-state index in [2.05, 4.69) is 11.4 Å². The van der Waals surface area contributed by atoms with Crippen LogP contribution in [0, 0.1) is 11.3 Å². The fourth-order valence-corrected chi connectivity index (χ4v) is 1.69. The number of hydrogen-bond donors (Lipinski definition) is 2. The van der Waals surface area contributed by atoms with Crippen LogP contribution in [0.1, 0.15) is 32.3 Å². The molecule has 0 aliphatic carbocycles. The number of aliphatic hydroxyl groups is 1. The fourth-order valence-electron chi connectivity index (χ4n) is 1.52. The molecule has 1 rings (SSSR count). The Morgan fingerprint density at radius 2 is 2.06 bits per heavy atom. The van der Waals surface area contributed by atoms with Crippen LogP contribution in [0.3, 0.4) is 0 Å². The van der Waals surface area contributed by atoms with Crippen LogP contribution in [0.4, 0.5) is 5.69 Å². The monoisotopic (exact) mass is 252 g/mol. The van der Waals surface area contributed by atoms with Crippen molar-refractivity contribution in [2.45, 2.75) is 32.3 Å². The first-order valence-electron chi connectivity index (χ1n) is 5.70. The van der Waals surface area contributed by atoms with Gasteiger partial charge in [-0.1, -0.05) is 25.4 Å². The summed E-state index contributed by atoms with van der Waals surface area (Å²) in [5.41, 5.74) is 0.457. The van der Waals surface area contributed by atoms with Crippen LogP contribution >= 0.6 is 11.6 Å². The van der Waals surface area contributed by atoms with Crippen molar-refractivity contribution >= 4 is 17.3 Å². The third-order valence-corrected chi connectivity index (χ3v) is 3.26. The lowest BCUT2D eigenvalue weighted by atomic mass is 9.97. The first-order valence-corrected chi connectivity index (χ1v) is 6.08. The maximum atomic E-state index is 10.1. The molecule has 92 valence electrons. The number of rotatable bonds is 5. The molecule has 0 heterocycles. The first kappa shape index (κ1) is 13.8. The highest BCUT2D eigenvalue weighted by Crippen LogP contribution is 2.22. The minimum Gasteiger partial charge on any atom is -0.388 e. The van der Waals surface area contributed by atoms with Crippen molar-refractivity contribution in [1.29, 1.82) is 5.26 Å². The van der Waals surface area contributed by atoms with Gasteiger partial charge in [0, 0.05) is 11.6 Å². The smallest absolute Gasteiger partial charge is 0.101 e. The lowest BCUT2D eigenvalue weighted by Gasteiger charge is -2.26. The first-order chi connectivity index (χ1) is 8.04. The molecule has 0 aromatic heterocycles. The van der Waals surface area contributed by atoms with Gasteiger partial charge in [0.1, 0.15) is 6.07 Å². The molecule has 4 heteroatoms. The Kier molecular flexibility index (Phi) is 4.80. The normalized spacial score (nSPS) is 11.0. The number of anilines is 1. The summed E-state index contributed by atoms with van der Waals surface area (Å²) < 4.78 is 0. The Morgan fingerprint density at radius 3 is 2.59 bits per heavy atom. The third-order valence-electron chi connectivity index (χ3n) is 3.03. The van der Waals surface area contributed by atoms with Crippen LogP contribution < -0.4 is 5.32 Å². The summed E-state index contributed by atoms with van der Waals surface area (Å²) in [6, 6.07) is 7.14. The van der Waals surface area contributed by atoms with Gasteiger partial charge in [0.05, 0.1) is 16.9 Å². The molecule has 2 N–H and O–H groups in total. The maximum absolute atomic E-state index is 10.1. The maximum Gasteiger partial charge on any atom is 0.101 e. The van der Waals surface area contributed by atoms with E-state index in [-0.39, 0.29) is 0 Å². The van der Waals surface area contributed by atoms with Crippen molar-refractivity contribution in [3.8, 4) is 6.07 Å². The molecule has 0 fully saturated rings. The van der Waals surface area contributed by atoms with Crippen molar-refractivity contribution in [1.82, 2.24) is 0 Å². The number of nitrogens with zero attached hydrogens (tertiary/aromatic N) is 1. The highest BCUT2D eigenvalue weighted by Gasteiger charge is 2.22. The second-order valence-corrected chi connectivity index (χ2v) is 4.52. The van der Waals surface area contributed by atoms with Crippen LogP contribution in [0.15, 0.2) is 18.2 Å². The highest BCUT2D eigenvalue weighted by molar-refractivity contribution is 6.30. The molecule has 0 saturated carbocycles. The topological polar surface area (TPSA) is 56.0 Å². The quantitative estimate of drug-likeness (QED) is 0.846. The SMILES string of the molecule is CCC(O)(CC)CNc1cc(Cl)ccc1C#N. The molecule has 1 aromatic rings. The van der Waals surface area contributed by atoms with Crippen molar-refractivity contribution in [3.05, 3.63) is 28.8 Å². The van der Waals surface area contributed by atoms with E-state index in [0.29, 0.717) is 35.7 Å². The van der Waals surface area contributed by atoms with Crippen LogP contribution in [-0.2, 0) is 0 Å². The molecular formula is C13H17ClN2O. The number of halogens is 1. The van der Waals surface area contributed by atoms with Crippen LogP contribution in [0.5, 0.6) is 0 Å². The van der Waals surface area contributed by atoms with Gasteiger partial charge in [-0.05, 0) is 31.0 Å². The summed E-state index contributed by atoms with van der Waals surface area (Å²) in [4.78, 5) is 0. The summed E-state index contributed by atoms with van der Waals surface area (Å²) in [5, 5.41) is 22.8. The van der Waals surface area contributed by atoms with E-state index < -0.39 is 5.60 Å². The van der Waals surface area contributed by atoms with E-state index in [1.165, 1.54) is 0 Å². The molecule has 0 unspecified atom stereocenters. The number of nitriles is 1. The summed E-state index contributed by atoms with van der Waals surface area (Å²) in [5.74, 6) is 0. The van der Waals surface area contributed by atoms with Crippen LogP contribution in [0.2, 0.25) is 5.02 Å². The van der Waals surface area contributed by atoms with Gasteiger partial charge >= 0.3 is 0 Å². The van der Waals surface area contributed by atoms with Crippen LogP contribution in [0.25, 0.3) is 0 Å².